The molecule has 1 aliphatic rings. The van der Waals surface area contributed by atoms with Crippen LogP contribution in [0.3, 0.4) is 0 Å². The third-order valence-corrected chi connectivity index (χ3v) is 6.61. The standard InChI is InChI=1S/C20H24N2O5S/c1-21(14-15-7-4-5-8-18(15)26-2)28(24,25)16-10-11-19(27-3)17(13-16)22-12-6-9-20(22)23/h4-5,7-8,10-11,13H,6,9,12,14H2,1-3H3. The minimum Gasteiger partial charge on any atom is -0.496 e. The van der Waals surface area contributed by atoms with Gasteiger partial charge in [0.1, 0.15) is 11.5 Å². The molecule has 1 aliphatic heterocycles. The highest BCUT2D eigenvalue weighted by molar-refractivity contribution is 7.89. The highest BCUT2D eigenvalue weighted by Crippen LogP contribution is 2.34. The van der Waals surface area contributed by atoms with Crippen LogP contribution in [0.15, 0.2) is 47.4 Å². The van der Waals surface area contributed by atoms with Crippen molar-refractivity contribution in [3.63, 3.8) is 0 Å². The summed E-state index contributed by atoms with van der Waals surface area (Å²) in [5.74, 6) is 1.07. The zero-order valence-electron chi connectivity index (χ0n) is 16.2. The van der Waals surface area contributed by atoms with Crippen LogP contribution >= 0.6 is 0 Å². The Morgan fingerprint density at radius 3 is 2.43 bits per heavy atom. The van der Waals surface area contributed by atoms with Gasteiger partial charge >= 0.3 is 0 Å². The third kappa shape index (κ3) is 3.83. The molecule has 28 heavy (non-hydrogen) atoms. The Labute approximate surface area is 165 Å². The van der Waals surface area contributed by atoms with Gasteiger partial charge in [0.05, 0.1) is 24.8 Å². The topological polar surface area (TPSA) is 76.2 Å². The molecular formula is C20H24N2O5S. The van der Waals surface area contributed by atoms with E-state index >= 15 is 0 Å². The number of hydrogen-bond acceptors (Lipinski definition) is 5. The third-order valence-electron chi connectivity index (χ3n) is 4.81. The van der Waals surface area contributed by atoms with Gasteiger partial charge < -0.3 is 14.4 Å². The van der Waals surface area contributed by atoms with Gasteiger partial charge in [0.2, 0.25) is 15.9 Å². The lowest BCUT2D eigenvalue weighted by molar-refractivity contribution is -0.117. The van der Waals surface area contributed by atoms with E-state index < -0.39 is 10.0 Å². The average molecular weight is 404 g/mol. The van der Waals surface area contributed by atoms with Crippen molar-refractivity contribution in [2.24, 2.45) is 0 Å². The summed E-state index contributed by atoms with van der Waals surface area (Å²) in [6, 6.07) is 11.9. The van der Waals surface area contributed by atoms with Crippen LogP contribution in [0.1, 0.15) is 18.4 Å². The average Bonchev–Trinajstić information content (AvgIpc) is 3.13. The van der Waals surface area contributed by atoms with Crippen LogP contribution in [0.5, 0.6) is 11.5 Å². The number of nitrogens with zero attached hydrogens (tertiary/aromatic N) is 2. The lowest BCUT2D eigenvalue weighted by Crippen LogP contribution is -2.28. The zero-order valence-corrected chi connectivity index (χ0v) is 17.0. The molecule has 2 aromatic carbocycles. The van der Waals surface area contributed by atoms with Crippen molar-refractivity contribution in [1.29, 1.82) is 0 Å². The Morgan fingerprint density at radius 2 is 1.79 bits per heavy atom. The van der Waals surface area contributed by atoms with Gasteiger partial charge in [-0.1, -0.05) is 18.2 Å². The first-order valence-electron chi connectivity index (χ1n) is 8.95. The molecule has 1 amide bonds. The van der Waals surface area contributed by atoms with E-state index in [1.807, 2.05) is 18.2 Å². The van der Waals surface area contributed by atoms with Crippen molar-refractivity contribution >= 4 is 21.6 Å². The van der Waals surface area contributed by atoms with Crippen molar-refractivity contribution in [2.45, 2.75) is 24.3 Å². The number of amides is 1. The Hall–Kier alpha value is -2.58. The first kappa shape index (κ1) is 20.2. The number of para-hydroxylation sites is 1. The van der Waals surface area contributed by atoms with Crippen LogP contribution in [0.25, 0.3) is 0 Å². The molecule has 1 saturated heterocycles. The Kier molecular flexibility index (Phi) is 5.90. The second-order valence-electron chi connectivity index (χ2n) is 6.56. The van der Waals surface area contributed by atoms with Crippen LogP contribution in [-0.4, -0.2) is 46.4 Å². The summed E-state index contributed by atoms with van der Waals surface area (Å²) < 4.78 is 38.2. The van der Waals surface area contributed by atoms with E-state index in [-0.39, 0.29) is 17.3 Å². The van der Waals surface area contributed by atoms with E-state index in [2.05, 4.69) is 0 Å². The number of carbonyl (C=O) groups excluding carboxylic acids is 1. The van der Waals surface area contributed by atoms with Gasteiger partial charge in [0.15, 0.2) is 0 Å². The molecule has 2 aromatic rings. The summed E-state index contributed by atoms with van der Waals surface area (Å²) >= 11 is 0. The van der Waals surface area contributed by atoms with Crippen LogP contribution < -0.4 is 14.4 Å². The summed E-state index contributed by atoms with van der Waals surface area (Å²) in [7, 11) is 0.801. The summed E-state index contributed by atoms with van der Waals surface area (Å²) in [6.07, 6.45) is 1.19. The fraction of sp³-hybridized carbons (Fsp3) is 0.350. The van der Waals surface area contributed by atoms with E-state index in [4.69, 9.17) is 9.47 Å². The van der Waals surface area contributed by atoms with Gasteiger partial charge in [-0.3, -0.25) is 4.79 Å². The predicted octanol–water partition coefficient (Wildman–Crippen LogP) is 2.65. The number of benzene rings is 2. The molecule has 3 rings (SSSR count). The fourth-order valence-electron chi connectivity index (χ4n) is 3.28. The molecule has 0 radical (unpaired) electrons. The van der Waals surface area contributed by atoms with Crippen molar-refractivity contribution in [2.75, 3.05) is 32.7 Å². The molecule has 1 fully saturated rings. The van der Waals surface area contributed by atoms with Crippen molar-refractivity contribution in [3.8, 4) is 11.5 Å². The Bertz CT molecular complexity index is 974. The summed E-state index contributed by atoms with van der Waals surface area (Å²) in [4.78, 5) is 13.8. The van der Waals surface area contributed by atoms with E-state index in [0.29, 0.717) is 30.2 Å². The number of rotatable bonds is 7. The molecule has 0 N–H and O–H groups in total. The largest absolute Gasteiger partial charge is 0.496 e. The number of sulfonamides is 1. The number of carbonyl (C=O) groups is 1. The molecule has 0 bridgehead atoms. The maximum atomic E-state index is 13.1. The van der Waals surface area contributed by atoms with Gasteiger partial charge in [-0.25, -0.2) is 8.42 Å². The zero-order chi connectivity index (χ0) is 20.3. The van der Waals surface area contributed by atoms with Crippen LogP contribution in [-0.2, 0) is 21.4 Å². The second kappa shape index (κ2) is 8.20. The van der Waals surface area contributed by atoms with Gasteiger partial charge in [0, 0.05) is 32.1 Å². The normalized spacial score (nSPS) is 14.6. The molecule has 8 heteroatoms. The molecule has 150 valence electrons. The van der Waals surface area contributed by atoms with E-state index in [1.54, 1.807) is 24.1 Å². The number of hydrogen-bond donors (Lipinski definition) is 0. The van der Waals surface area contributed by atoms with E-state index in [9.17, 15) is 13.2 Å². The van der Waals surface area contributed by atoms with Crippen molar-refractivity contribution < 1.29 is 22.7 Å². The maximum Gasteiger partial charge on any atom is 0.243 e. The molecule has 1 heterocycles. The highest BCUT2D eigenvalue weighted by atomic mass is 32.2. The number of methoxy groups -OCH3 is 2. The molecule has 7 nitrogen and oxygen atoms in total. The number of ether oxygens (including phenoxy) is 2. The minimum absolute atomic E-state index is 0.0322. The van der Waals surface area contributed by atoms with Gasteiger partial charge in [0.25, 0.3) is 0 Å². The summed E-state index contributed by atoms with van der Waals surface area (Å²) in [6.45, 7) is 0.714. The Morgan fingerprint density at radius 1 is 1.07 bits per heavy atom. The first-order valence-corrected chi connectivity index (χ1v) is 10.4. The molecular weight excluding hydrogens is 380 g/mol. The van der Waals surface area contributed by atoms with Gasteiger partial charge in [-0.15, -0.1) is 0 Å². The van der Waals surface area contributed by atoms with Crippen molar-refractivity contribution in [3.05, 3.63) is 48.0 Å². The van der Waals surface area contributed by atoms with Gasteiger partial charge in [-0.2, -0.15) is 4.31 Å². The smallest absolute Gasteiger partial charge is 0.243 e. The minimum atomic E-state index is -3.77. The van der Waals surface area contributed by atoms with Crippen LogP contribution in [0.4, 0.5) is 5.69 Å². The van der Waals surface area contributed by atoms with Gasteiger partial charge in [-0.05, 0) is 30.7 Å². The molecule has 0 saturated carbocycles. The maximum absolute atomic E-state index is 13.1. The molecule has 0 aliphatic carbocycles. The molecule has 0 atom stereocenters. The Balaban J connectivity index is 1.93. The fourth-order valence-corrected chi connectivity index (χ4v) is 4.45. The monoisotopic (exact) mass is 404 g/mol. The van der Waals surface area contributed by atoms with Crippen LogP contribution in [0.2, 0.25) is 0 Å². The lowest BCUT2D eigenvalue weighted by atomic mass is 10.2. The SMILES string of the molecule is COc1ccccc1CN(C)S(=O)(=O)c1ccc(OC)c(N2CCCC2=O)c1. The number of anilines is 1. The van der Waals surface area contributed by atoms with Crippen molar-refractivity contribution in [1.82, 2.24) is 4.31 Å². The van der Waals surface area contributed by atoms with E-state index in [0.717, 1.165) is 12.0 Å². The van der Waals surface area contributed by atoms with E-state index in [1.165, 1.54) is 30.6 Å². The lowest BCUT2D eigenvalue weighted by Gasteiger charge is -2.22. The van der Waals surface area contributed by atoms with Crippen LogP contribution in [0, 0.1) is 0 Å². The molecule has 0 unspecified atom stereocenters. The first-order chi connectivity index (χ1) is 13.4. The highest BCUT2D eigenvalue weighted by Gasteiger charge is 2.28. The summed E-state index contributed by atoms with van der Waals surface area (Å²) in [5, 5.41) is 0. The summed E-state index contributed by atoms with van der Waals surface area (Å²) in [5.41, 5.74) is 1.25. The molecule has 0 aromatic heterocycles. The predicted molar refractivity (Wildman–Crippen MR) is 106 cm³/mol. The second-order valence-corrected chi connectivity index (χ2v) is 8.60. The molecule has 0 spiro atoms. The quantitative estimate of drug-likeness (QED) is 0.709.